The summed E-state index contributed by atoms with van der Waals surface area (Å²) in [4.78, 5) is 28.7. The molecule has 0 aliphatic carbocycles. The van der Waals surface area contributed by atoms with Crippen molar-refractivity contribution in [2.45, 2.75) is 39.2 Å². The van der Waals surface area contributed by atoms with E-state index in [1.165, 1.54) is 16.9 Å². The summed E-state index contributed by atoms with van der Waals surface area (Å²) in [6.07, 6.45) is 8.05. The molecule has 0 radical (unpaired) electrons. The van der Waals surface area contributed by atoms with E-state index in [1.54, 1.807) is 7.05 Å². The lowest BCUT2D eigenvalue weighted by Crippen LogP contribution is -2.37. The standard InChI is InChI=1S/C22H26N4O2S/c1-3-15-8-7-9-17-16(12-18-21(28)24(2)22(29)23-18)13-26(20(15)17)14-19(27)25-10-5-4-6-11-25/h7-9,12-13H,3-6,10-11,14H2,1-2H3,(H,23,29)/b18-12+. The van der Waals surface area contributed by atoms with E-state index >= 15 is 0 Å². The number of likely N-dealkylation sites (tertiary alicyclic amines) is 1. The number of hydrogen-bond acceptors (Lipinski definition) is 3. The number of nitrogens with zero attached hydrogens (tertiary/aromatic N) is 3. The summed E-state index contributed by atoms with van der Waals surface area (Å²) in [6, 6.07) is 6.17. The number of aromatic nitrogens is 1. The van der Waals surface area contributed by atoms with Crippen LogP contribution < -0.4 is 5.32 Å². The van der Waals surface area contributed by atoms with Crippen LogP contribution in [0.4, 0.5) is 0 Å². The van der Waals surface area contributed by atoms with E-state index in [1.807, 2.05) is 33.9 Å². The molecule has 0 bridgehead atoms. The largest absolute Gasteiger partial charge is 0.341 e. The molecular weight excluding hydrogens is 384 g/mol. The van der Waals surface area contributed by atoms with Gasteiger partial charge < -0.3 is 14.8 Å². The molecule has 2 aliphatic rings. The fourth-order valence-corrected chi connectivity index (χ4v) is 4.35. The number of hydrogen-bond donors (Lipinski definition) is 1. The van der Waals surface area contributed by atoms with Gasteiger partial charge in [0.15, 0.2) is 5.11 Å². The van der Waals surface area contributed by atoms with Crippen LogP contribution in [0, 0.1) is 0 Å². The van der Waals surface area contributed by atoms with Crippen molar-refractivity contribution in [3.8, 4) is 0 Å². The second kappa shape index (κ2) is 7.99. The first-order chi connectivity index (χ1) is 14.0. The van der Waals surface area contributed by atoms with Crippen LogP contribution in [0.3, 0.4) is 0 Å². The monoisotopic (exact) mass is 410 g/mol. The molecule has 2 fully saturated rings. The molecule has 7 heteroatoms. The third-order valence-corrected chi connectivity index (χ3v) is 6.17. The van der Waals surface area contributed by atoms with Crippen LogP contribution in [0.2, 0.25) is 0 Å². The Morgan fingerprint density at radius 2 is 2.00 bits per heavy atom. The van der Waals surface area contributed by atoms with E-state index in [4.69, 9.17) is 12.2 Å². The van der Waals surface area contributed by atoms with Crippen LogP contribution in [-0.2, 0) is 22.6 Å². The van der Waals surface area contributed by atoms with Crippen LogP contribution in [0.15, 0.2) is 30.1 Å². The van der Waals surface area contributed by atoms with Crippen molar-refractivity contribution in [1.29, 1.82) is 0 Å². The Labute approximate surface area is 176 Å². The summed E-state index contributed by atoms with van der Waals surface area (Å²) in [6.45, 7) is 4.12. The summed E-state index contributed by atoms with van der Waals surface area (Å²) in [7, 11) is 1.66. The van der Waals surface area contributed by atoms with Crippen LogP contribution in [0.1, 0.15) is 37.3 Å². The molecule has 4 rings (SSSR count). The maximum absolute atomic E-state index is 12.9. The number of likely N-dealkylation sites (N-methyl/N-ethyl adjacent to an activating group) is 1. The van der Waals surface area contributed by atoms with Gasteiger partial charge >= 0.3 is 0 Å². The number of carbonyl (C=O) groups is 2. The first-order valence-corrected chi connectivity index (χ1v) is 10.6. The number of rotatable bonds is 4. The van der Waals surface area contributed by atoms with E-state index in [-0.39, 0.29) is 11.8 Å². The molecule has 0 unspecified atom stereocenters. The van der Waals surface area contributed by atoms with Gasteiger partial charge in [-0.15, -0.1) is 0 Å². The molecule has 2 aliphatic heterocycles. The fraction of sp³-hybridized carbons (Fsp3) is 0.409. The molecule has 6 nitrogen and oxygen atoms in total. The smallest absolute Gasteiger partial charge is 0.276 e. The highest BCUT2D eigenvalue weighted by atomic mass is 32.1. The van der Waals surface area contributed by atoms with Gasteiger partial charge in [-0.2, -0.15) is 0 Å². The van der Waals surface area contributed by atoms with Gasteiger partial charge in [-0.05, 0) is 49.5 Å². The van der Waals surface area contributed by atoms with E-state index in [0.717, 1.165) is 48.8 Å². The zero-order valence-corrected chi connectivity index (χ0v) is 17.7. The first kappa shape index (κ1) is 19.6. The average Bonchev–Trinajstić information content (AvgIpc) is 3.21. The Morgan fingerprint density at radius 1 is 1.24 bits per heavy atom. The number of amides is 2. The Bertz CT molecular complexity index is 1020. The van der Waals surface area contributed by atoms with Crippen molar-refractivity contribution < 1.29 is 9.59 Å². The van der Waals surface area contributed by atoms with Crippen molar-refractivity contribution in [2.24, 2.45) is 0 Å². The number of aryl methyl sites for hydroxylation is 1. The topological polar surface area (TPSA) is 57.6 Å². The number of para-hydroxylation sites is 1. The quantitative estimate of drug-likeness (QED) is 0.622. The predicted molar refractivity (Wildman–Crippen MR) is 118 cm³/mol. The molecule has 29 heavy (non-hydrogen) atoms. The van der Waals surface area contributed by atoms with Crippen molar-refractivity contribution in [2.75, 3.05) is 20.1 Å². The number of carbonyl (C=O) groups excluding carboxylic acids is 2. The Balaban J connectivity index is 1.74. The highest BCUT2D eigenvalue weighted by molar-refractivity contribution is 7.80. The van der Waals surface area contributed by atoms with E-state index in [0.29, 0.717) is 17.4 Å². The second-order valence-corrected chi connectivity index (χ2v) is 8.06. The fourth-order valence-electron chi connectivity index (χ4n) is 4.16. The summed E-state index contributed by atoms with van der Waals surface area (Å²) in [5.74, 6) is 0.00891. The maximum Gasteiger partial charge on any atom is 0.276 e. The molecule has 1 N–H and O–H groups in total. The van der Waals surface area contributed by atoms with Crippen LogP contribution in [0.5, 0.6) is 0 Å². The van der Waals surface area contributed by atoms with Gasteiger partial charge in [0, 0.05) is 37.3 Å². The highest BCUT2D eigenvalue weighted by Crippen LogP contribution is 2.28. The molecule has 1 aromatic carbocycles. The van der Waals surface area contributed by atoms with Gasteiger partial charge in [0.1, 0.15) is 12.2 Å². The van der Waals surface area contributed by atoms with Gasteiger partial charge in [-0.1, -0.05) is 25.1 Å². The number of nitrogens with one attached hydrogen (secondary N) is 1. The number of fused-ring (bicyclic) bond motifs is 1. The Kier molecular flexibility index (Phi) is 5.41. The van der Waals surface area contributed by atoms with Gasteiger partial charge in [-0.3, -0.25) is 14.5 Å². The molecule has 1 aromatic heterocycles. The molecular formula is C22H26N4O2S. The minimum Gasteiger partial charge on any atom is -0.341 e. The third kappa shape index (κ3) is 3.67. The Morgan fingerprint density at radius 3 is 2.66 bits per heavy atom. The minimum atomic E-state index is -0.146. The molecule has 0 saturated carbocycles. The second-order valence-electron chi connectivity index (χ2n) is 7.67. The van der Waals surface area contributed by atoms with Crippen molar-refractivity contribution >= 4 is 46.1 Å². The van der Waals surface area contributed by atoms with Gasteiger partial charge in [0.05, 0.1) is 5.52 Å². The van der Waals surface area contributed by atoms with E-state index in [2.05, 4.69) is 18.3 Å². The predicted octanol–water partition coefficient (Wildman–Crippen LogP) is 2.90. The van der Waals surface area contributed by atoms with Crippen molar-refractivity contribution in [1.82, 2.24) is 19.7 Å². The third-order valence-electron chi connectivity index (χ3n) is 5.79. The summed E-state index contributed by atoms with van der Waals surface area (Å²) in [5.41, 5.74) is 3.63. The lowest BCUT2D eigenvalue weighted by atomic mass is 10.1. The first-order valence-electron chi connectivity index (χ1n) is 10.2. The minimum absolute atomic E-state index is 0.146. The number of piperidine rings is 1. The molecule has 3 heterocycles. The summed E-state index contributed by atoms with van der Waals surface area (Å²) < 4.78 is 2.04. The lowest BCUT2D eigenvalue weighted by Gasteiger charge is -2.27. The molecule has 0 spiro atoms. The normalized spacial score (nSPS) is 18.8. The van der Waals surface area contributed by atoms with Crippen LogP contribution in [-0.4, -0.2) is 51.4 Å². The van der Waals surface area contributed by atoms with Gasteiger partial charge in [-0.25, -0.2) is 0 Å². The summed E-state index contributed by atoms with van der Waals surface area (Å²) in [5, 5.41) is 4.42. The molecule has 0 atom stereocenters. The van der Waals surface area contributed by atoms with Crippen molar-refractivity contribution in [3.63, 3.8) is 0 Å². The number of thiocarbonyl (C=S) groups is 1. The highest BCUT2D eigenvalue weighted by Gasteiger charge is 2.27. The van der Waals surface area contributed by atoms with E-state index in [9.17, 15) is 9.59 Å². The summed E-state index contributed by atoms with van der Waals surface area (Å²) >= 11 is 5.18. The molecule has 2 saturated heterocycles. The van der Waals surface area contributed by atoms with E-state index < -0.39 is 0 Å². The molecule has 2 aromatic rings. The van der Waals surface area contributed by atoms with Crippen LogP contribution in [0.25, 0.3) is 17.0 Å². The average molecular weight is 411 g/mol. The lowest BCUT2D eigenvalue weighted by molar-refractivity contribution is -0.132. The van der Waals surface area contributed by atoms with Gasteiger partial charge in [0.25, 0.3) is 5.91 Å². The van der Waals surface area contributed by atoms with Crippen molar-refractivity contribution in [3.05, 3.63) is 41.2 Å². The molecule has 2 amide bonds. The maximum atomic E-state index is 12.9. The zero-order valence-electron chi connectivity index (χ0n) is 16.9. The van der Waals surface area contributed by atoms with Gasteiger partial charge in [0.2, 0.25) is 5.91 Å². The Hall–Kier alpha value is -2.67. The zero-order chi connectivity index (χ0) is 20.5. The molecule has 152 valence electrons. The van der Waals surface area contributed by atoms with Crippen LogP contribution >= 0.6 is 12.2 Å². The number of benzene rings is 1. The SMILES string of the molecule is CCc1cccc2c(/C=C3/NC(=S)N(C)C3=O)cn(CC(=O)N3CCCCC3)c12.